The van der Waals surface area contributed by atoms with E-state index in [0.717, 1.165) is 78.7 Å². The highest BCUT2D eigenvalue weighted by molar-refractivity contribution is 5.99. The first-order valence-corrected chi connectivity index (χ1v) is 11.3. The summed E-state index contributed by atoms with van der Waals surface area (Å²) in [6.07, 6.45) is 6.07. The van der Waals surface area contributed by atoms with Gasteiger partial charge in [-0.15, -0.1) is 0 Å². The van der Waals surface area contributed by atoms with Crippen molar-refractivity contribution in [3.63, 3.8) is 0 Å². The zero-order chi connectivity index (χ0) is 22.6. The van der Waals surface area contributed by atoms with E-state index < -0.39 is 0 Å². The number of fused-ring (bicyclic) bond motifs is 1. The molecule has 0 radical (unpaired) electrons. The molecule has 0 atom stereocenters. The summed E-state index contributed by atoms with van der Waals surface area (Å²) in [7, 11) is 3.42. The second kappa shape index (κ2) is 9.65. The van der Waals surface area contributed by atoms with Crippen LogP contribution in [0.3, 0.4) is 0 Å². The van der Waals surface area contributed by atoms with Gasteiger partial charge in [-0.05, 0) is 29.8 Å². The molecule has 0 unspecified atom stereocenters. The van der Waals surface area contributed by atoms with E-state index in [1.54, 1.807) is 14.2 Å². The smallest absolute Gasteiger partial charge is 0.143 e. The van der Waals surface area contributed by atoms with Gasteiger partial charge in [-0.3, -0.25) is 9.88 Å². The predicted molar refractivity (Wildman–Crippen MR) is 131 cm³/mol. The van der Waals surface area contributed by atoms with Crippen molar-refractivity contribution in [2.24, 2.45) is 0 Å². The number of hydrogen-bond acceptors (Lipinski definition) is 5. The highest BCUT2D eigenvalue weighted by Crippen LogP contribution is 2.37. The Labute approximate surface area is 194 Å². The van der Waals surface area contributed by atoms with E-state index in [-0.39, 0.29) is 0 Å². The first-order valence-electron chi connectivity index (χ1n) is 11.3. The third kappa shape index (κ3) is 4.45. The van der Waals surface area contributed by atoms with Gasteiger partial charge in [0, 0.05) is 66.8 Å². The number of hydrogen-bond donors (Lipinski definition) is 0. The summed E-state index contributed by atoms with van der Waals surface area (Å²) >= 11 is 0. The summed E-state index contributed by atoms with van der Waals surface area (Å²) in [6, 6.07) is 16.5. The molecule has 0 aliphatic carbocycles. The van der Waals surface area contributed by atoms with Gasteiger partial charge in [0.2, 0.25) is 0 Å². The van der Waals surface area contributed by atoms with Crippen LogP contribution in [0.25, 0.3) is 33.2 Å². The van der Waals surface area contributed by atoms with Crippen molar-refractivity contribution in [1.29, 1.82) is 0 Å². The fourth-order valence-electron chi connectivity index (χ4n) is 4.52. The lowest BCUT2D eigenvalue weighted by Gasteiger charge is -2.26. The second-order valence-electron chi connectivity index (χ2n) is 8.24. The number of benzene rings is 2. The molecule has 1 aliphatic rings. The predicted octanol–water partition coefficient (Wildman–Crippen LogP) is 4.72. The molecule has 3 heterocycles. The van der Waals surface area contributed by atoms with Crippen molar-refractivity contribution in [3.8, 4) is 33.8 Å². The summed E-state index contributed by atoms with van der Waals surface area (Å²) in [5.41, 5.74) is 5.50. The van der Waals surface area contributed by atoms with Gasteiger partial charge in [0.25, 0.3) is 0 Å². The van der Waals surface area contributed by atoms with Crippen LogP contribution >= 0.6 is 0 Å². The van der Waals surface area contributed by atoms with Crippen LogP contribution in [0.2, 0.25) is 0 Å². The minimum Gasteiger partial charge on any atom is -0.497 e. The molecule has 6 heteroatoms. The summed E-state index contributed by atoms with van der Waals surface area (Å²) < 4.78 is 19.0. The minimum atomic E-state index is 0.809. The number of morpholine rings is 1. The van der Waals surface area contributed by atoms with Crippen LogP contribution in [0, 0.1) is 0 Å². The van der Waals surface area contributed by atoms with Gasteiger partial charge in [0.1, 0.15) is 11.5 Å². The highest BCUT2D eigenvalue weighted by atomic mass is 16.5. The van der Waals surface area contributed by atoms with E-state index in [1.165, 1.54) is 5.39 Å². The van der Waals surface area contributed by atoms with E-state index in [2.05, 4.69) is 44.9 Å². The number of methoxy groups -OCH3 is 2. The zero-order valence-corrected chi connectivity index (χ0v) is 19.2. The van der Waals surface area contributed by atoms with Gasteiger partial charge in [-0.1, -0.05) is 24.3 Å². The standard InChI is InChI=1S/C27H29N3O3/c1-31-23-6-3-5-20(16-23)21-15-22(18-28-17-21)25-19-30(10-9-29-11-13-33-14-12-29)27-24(25)7-4-8-26(27)32-2/h3-8,15-19H,9-14H2,1-2H3. The molecule has 170 valence electrons. The third-order valence-corrected chi connectivity index (χ3v) is 6.29. The normalized spacial score (nSPS) is 14.5. The molecule has 1 aliphatic heterocycles. The molecule has 5 rings (SSSR count). The van der Waals surface area contributed by atoms with Crippen LogP contribution in [-0.2, 0) is 11.3 Å². The second-order valence-corrected chi connectivity index (χ2v) is 8.24. The Morgan fingerprint density at radius 3 is 2.52 bits per heavy atom. The van der Waals surface area contributed by atoms with Crippen molar-refractivity contribution in [1.82, 2.24) is 14.5 Å². The molecule has 0 saturated carbocycles. The van der Waals surface area contributed by atoms with Gasteiger partial charge < -0.3 is 18.8 Å². The van der Waals surface area contributed by atoms with Crippen molar-refractivity contribution < 1.29 is 14.2 Å². The van der Waals surface area contributed by atoms with Crippen LogP contribution in [0.4, 0.5) is 0 Å². The maximum absolute atomic E-state index is 5.74. The summed E-state index contributed by atoms with van der Waals surface area (Å²) in [5.74, 6) is 1.72. The fourth-order valence-corrected chi connectivity index (χ4v) is 4.52. The number of para-hydroxylation sites is 1. The Morgan fingerprint density at radius 1 is 0.879 bits per heavy atom. The molecule has 0 amide bonds. The number of nitrogens with zero attached hydrogens (tertiary/aromatic N) is 3. The molecule has 33 heavy (non-hydrogen) atoms. The molecule has 0 N–H and O–H groups in total. The Kier molecular flexibility index (Phi) is 6.28. The molecule has 2 aromatic carbocycles. The number of aromatic nitrogens is 2. The number of rotatable bonds is 7. The lowest BCUT2D eigenvalue weighted by atomic mass is 10.0. The largest absolute Gasteiger partial charge is 0.497 e. The lowest BCUT2D eigenvalue weighted by Crippen LogP contribution is -2.38. The Balaban J connectivity index is 1.54. The lowest BCUT2D eigenvalue weighted by molar-refractivity contribution is 0.0365. The quantitative estimate of drug-likeness (QED) is 0.414. The third-order valence-electron chi connectivity index (χ3n) is 6.29. The Bertz CT molecular complexity index is 1240. The van der Waals surface area contributed by atoms with Crippen LogP contribution < -0.4 is 9.47 Å². The van der Waals surface area contributed by atoms with E-state index in [0.29, 0.717) is 0 Å². The SMILES string of the molecule is COc1cccc(-c2cncc(-c3cn(CCN4CCOCC4)c4c(OC)cccc34)c2)c1. The molecule has 0 bridgehead atoms. The Hall–Kier alpha value is -3.35. The van der Waals surface area contributed by atoms with Crippen LogP contribution in [0.15, 0.2) is 67.1 Å². The van der Waals surface area contributed by atoms with Gasteiger partial charge in [-0.2, -0.15) is 0 Å². The van der Waals surface area contributed by atoms with Gasteiger partial charge >= 0.3 is 0 Å². The molecular formula is C27H29N3O3. The van der Waals surface area contributed by atoms with Gasteiger partial charge in [0.15, 0.2) is 0 Å². The van der Waals surface area contributed by atoms with E-state index in [1.807, 2.05) is 36.7 Å². The molecule has 1 saturated heterocycles. The molecule has 1 fully saturated rings. The maximum Gasteiger partial charge on any atom is 0.143 e. The number of pyridine rings is 1. The van der Waals surface area contributed by atoms with Crippen LogP contribution in [-0.4, -0.2) is 61.5 Å². The average molecular weight is 444 g/mol. The topological polar surface area (TPSA) is 48.8 Å². The van der Waals surface area contributed by atoms with Crippen LogP contribution in [0.1, 0.15) is 0 Å². The summed E-state index contributed by atoms with van der Waals surface area (Å²) in [5, 5.41) is 1.17. The summed E-state index contributed by atoms with van der Waals surface area (Å²) in [6.45, 7) is 5.45. The van der Waals surface area contributed by atoms with E-state index >= 15 is 0 Å². The molecule has 6 nitrogen and oxygen atoms in total. The zero-order valence-electron chi connectivity index (χ0n) is 19.2. The van der Waals surface area contributed by atoms with Gasteiger partial charge in [-0.25, -0.2) is 0 Å². The molecule has 2 aromatic heterocycles. The number of ether oxygens (including phenoxy) is 3. The maximum atomic E-state index is 5.74. The van der Waals surface area contributed by atoms with Crippen molar-refractivity contribution in [3.05, 3.63) is 67.1 Å². The van der Waals surface area contributed by atoms with Crippen molar-refractivity contribution >= 4 is 10.9 Å². The minimum absolute atomic E-state index is 0.809. The molecule has 4 aromatic rings. The average Bonchev–Trinajstić information content (AvgIpc) is 3.27. The highest BCUT2D eigenvalue weighted by Gasteiger charge is 2.17. The molecular weight excluding hydrogens is 414 g/mol. The van der Waals surface area contributed by atoms with E-state index in [9.17, 15) is 0 Å². The van der Waals surface area contributed by atoms with Crippen LogP contribution in [0.5, 0.6) is 11.5 Å². The summed E-state index contributed by atoms with van der Waals surface area (Å²) in [4.78, 5) is 7.02. The first-order chi connectivity index (χ1) is 16.3. The van der Waals surface area contributed by atoms with Crippen molar-refractivity contribution in [2.75, 3.05) is 47.1 Å². The van der Waals surface area contributed by atoms with Crippen molar-refractivity contribution in [2.45, 2.75) is 6.54 Å². The monoisotopic (exact) mass is 443 g/mol. The Morgan fingerprint density at radius 2 is 1.70 bits per heavy atom. The van der Waals surface area contributed by atoms with E-state index in [4.69, 9.17) is 14.2 Å². The first kappa shape index (κ1) is 21.5. The fraction of sp³-hybridized carbons (Fsp3) is 0.296. The molecule has 0 spiro atoms. The van der Waals surface area contributed by atoms with Gasteiger partial charge in [0.05, 0.1) is 33.0 Å².